The first-order valence-electron chi connectivity index (χ1n) is 9.59. The van der Waals surface area contributed by atoms with Crippen molar-refractivity contribution < 1.29 is 13.2 Å². The molecule has 0 radical (unpaired) electrons. The highest BCUT2D eigenvalue weighted by atomic mass is 32.2. The van der Waals surface area contributed by atoms with Gasteiger partial charge in [0.2, 0.25) is 15.9 Å². The predicted molar refractivity (Wildman–Crippen MR) is 118 cm³/mol. The van der Waals surface area contributed by atoms with Crippen molar-refractivity contribution in [2.75, 3.05) is 17.8 Å². The van der Waals surface area contributed by atoms with Gasteiger partial charge >= 0.3 is 0 Å². The number of rotatable bonds is 11. The quantitative estimate of drug-likeness (QED) is 0.561. The van der Waals surface area contributed by atoms with Gasteiger partial charge in [0, 0.05) is 12.2 Å². The van der Waals surface area contributed by atoms with Crippen LogP contribution in [-0.2, 0) is 27.9 Å². The van der Waals surface area contributed by atoms with Gasteiger partial charge in [-0.2, -0.15) is 16.9 Å². The van der Waals surface area contributed by atoms with E-state index in [4.69, 9.17) is 0 Å². The molecule has 1 heterocycles. The molecule has 2 aromatic rings. The Morgan fingerprint density at radius 2 is 1.97 bits per heavy atom. The zero-order valence-electron chi connectivity index (χ0n) is 17.4. The van der Waals surface area contributed by atoms with Gasteiger partial charge in [-0.25, -0.2) is 13.1 Å². The fourth-order valence-electron chi connectivity index (χ4n) is 2.94. The normalized spacial score (nSPS) is 12.7. The van der Waals surface area contributed by atoms with Crippen LogP contribution in [0.4, 0.5) is 0 Å². The zero-order valence-corrected chi connectivity index (χ0v) is 19.1. The summed E-state index contributed by atoms with van der Waals surface area (Å²) >= 11 is 1.58. The molecule has 9 heteroatoms. The first kappa shape index (κ1) is 23.4. The summed E-state index contributed by atoms with van der Waals surface area (Å²) in [5.41, 5.74) is 4.13. The van der Waals surface area contributed by atoms with Gasteiger partial charge in [0.25, 0.3) is 0 Å². The second-order valence-electron chi connectivity index (χ2n) is 6.98. The molecule has 0 fully saturated rings. The summed E-state index contributed by atoms with van der Waals surface area (Å²) in [4.78, 5) is 12.6. The number of aryl methyl sites for hydroxylation is 2. The Labute approximate surface area is 177 Å². The minimum Gasteiger partial charge on any atom is -0.351 e. The van der Waals surface area contributed by atoms with Crippen molar-refractivity contribution in [2.45, 2.75) is 46.3 Å². The summed E-state index contributed by atoms with van der Waals surface area (Å²) in [6.45, 7) is 6.55. The standard InChI is InChI=1S/C20H30N4O3S2/c1-5-29(26,27)23-19(9-10-28-4)20(25)21-13-17-7-6-8-18(12-17)14-24-16(3)11-15(2)22-24/h6-8,11-12,19,23H,5,9-10,13-14H2,1-4H3,(H,21,25). The molecule has 1 aromatic carbocycles. The van der Waals surface area contributed by atoms with Crippen LogP contribution in [0.5, 0.6) is 0 Å². The molecule has 0 aliphatic carbocycles. The largest absolute Gasteiger partial charge is 0.351 e. The molecule has 2 N–H and O–H groups in total. The van der Waals surface area contributed by atoms with E-state index < -0.39 is 16.1 Å². The van der Waals surface area contributed by atoms with Crippen LogP contribution in [-0.4, -0.2) is 47.9 Å². The number of amides is 1. The highest BCUT2D eigenvalue weighted by Crippen LogP contribution is 2.10. The first-order chi connectivity index (χ1) is 13.7. The Hall–Kier alpha value is -1.84. The molecule has 2 rings (SSSR count). The number of carbonyl (C=O) groups is 1. The van der Waals surface area contributed by atoms with Crippen LogP contribution in [0, 0.1) is 13.8 Å². The second kappa shape index (κ2) is 10.8. The average Bonchev–Trinajstić information content (AvgIpc) is 3.00. The Balaban J connectivity index is 2.01. The van der Waals surface area contributed by atoms with E-state index >= 15 is 0 Å². The van der Waals surface area contributed by atoms with Gasteiger partial charge in [0.1, 0.15) is 6.04 Å². The van der Waals surface area contributed by atoms with Crippen molar-refractivity contribution in [1.82, 2.24) is 19.8 Å². The van der Waals surface area contributed by atoms with Gasteiger partial charge in [-0.3, -0.25) is 9.48 Å². The maximum absolute atomic E-state index is 12.6. The molecule has 29 heavy (non-hydrogen) atoms. The molecular weight excluding hydrogens is 408 g/mol. The average molecular weight is 439 g/mol. The van der Waals surface area contributed by atoms with Gasteiger partial charge in [-0.05, 0) is 56.4 Å². The van der Waals surface area contributed by atoms with Crippen molar-refractivity contribution in [3.63, 3.8) is 0 Å². The summed E-state index contributed by atoms with van der Waals surface area (Å²) in [5.74, 6) is 0.340. The fraction of sp³-hybridized carbons (Fsp3) is 0.500. The lowest BCUT2D eigenvalue weighted by Crippen LogP contribution is -2.47. The van der Waals surface area contributed by atoms with Crippen LogP contribution in [0.2, 0.25) is 0 Å². The zero-order chi connectivity index (χ0) is 21.4. The van der Waals surface area contributed by atoms with E-state index in [0.29, 0.717) is 25.3 Å². The summed E-state index contributed by atoms with van der Waals surface area (Å²) in [7, 11) is -3.45. The van der Waals surface area contributed by atoms with Crippen LogP contribution in [0.15, 0.2) is 30.3 Å². The number of carbonyl (C=O) groups excluding carboxylic acids is 1. The van der Waals surface area contributed by atoms with Crippen molar-refractivity contribution in [3.05, 3.63) is 52.8 Å². The molecule has 160 valence electrons. The molecule has 0 saturated carbocycles. The number of thioether (sulfide) groups is 1. The summed E-state index contributed by atoms with van der Waals surface area (Å²) in [5, 5.41) is 7.35. The Kier molecular flexibility index (Phi) is 8.73. The van der Waals surface area contributed by atoms with E-state index in [1.165, 1.54) is 0 Å². The van der Waals surface area contributed by atoms with Gasteiger partial charge in [0.15, 0.2) is 0 Å². The van der Waals surface area contributed by atoms with E-state index in [0.717, 1.165) is 22.5 Å². The Morgan fingerprint density at radius 1 is 1.24 bits per heavy atom. The SMILES string of the molecule is CCS(=O)(=O)NC(CCSC)C(=O)NCc1cccc(Cn2nc(C)cc2C)c1. The van der Waals surface area contributed by atoms with Crippen molar-refractivity contribution in [3.8, 4) is 0 Å². The molecule has 0 aliphatic heterocycles. The molecule has 1 atom stereocenters. The number of benzene rings is 1. The summed E-state index contributed by atoms with van der Waals surface area (Å²) < 4.78 is 28.2. The molecular formula is C20H30N4O3S2. The molecule has 0 bridgehead atoms. The minimum atomic E-state index is -3.45. The van der Waals surface area contributed by atoms with Gasteiger partial charge in [-0.1, -0.05) is 24.3 Å². The number of aromatic nitrogens is 2. The van der Waals surface area contributed by atoms with E-state index in [2.05, 4.69) is 15.1 Å². The molecule has 1 aromatic heterocycles. The molecule has 1 amide bonds. The third kappa shape index (κ3) is 7.49. The third-order valence-electron chi connectivity index (χ3n) is 4.52. The topological polar surface area (TPSA) is 93.1 Å². The van der Waals surface area contributed by atoms with Crippen molar-refractivity contribution >= 4 is 27.7 Å². The summed E-state index contributed by atoms with van der Waals surface area (Å²) in [6.07, 6.45) is 2.38. The lowest BCUT2D eigenvalue weighted by atomic mass is 10.1. The van der Waals surface area contributed by atoms with Gasteiger partial charge in [-0.15, -0.1) is 0 Å². The minimum absolute atomic E-state index is 0.0512. The fourth-order valence-corrected chi connectivity index (χ4v) is 4.23. The maximum atomic E-state index is 12.6. The third-order valence-corrected chi connectivity index (χ3v) is 6.57. The number of nitrogens with zero attached hydrogens (tertiary/aromatic N) is 2. The Morgan fingerprint density at radius 3 is 2.59 bits per heavy atom. The van der Waals surface area contributed by atoms with Gasteiger partial charge in [0.05, 0.1) is 18.0 Å². The number of hydrogen-bond donors (Lipinski definition) is 2. The molecule has 0 saturated heterocycles. The number of sulfonamides is 1. The van der Waals surface area contributed by atoms with Crippen LogP contribution < -0.4 is 10.0 Å². The van der Waals surface area contributed by atoms with Crippen LogP contribution in [0.3, 0.4) is 0 Å². The van der Waals surface area contributed by atoms with E-state index in [-0.39, 0.29) is 11.7 Å². The lowest BCUT2D eigenvalue weighted by molar-refractivity contribution is -0.122. The summed E-state index contributed by atoms with van der Waals surface area (Å²) in [6, 6.07) is 9.23. The van der Waals surface area contributed by atoms with Crippen molar-refractivity contribution in [1.29, 1.82) is 0 Å². The number of hydrogen-bond acceptors (Lipinski definition) is 5. The van der Waals surface area contributed by atoms with Gasteiger partial charge < -0.3 is 5.32 Å². The monoisotopic (exact) mass is 438 g/mol. The molecule has 1 unspecified atom stereocenters. The lowest BCUT2D eigenvalue weighted by Gasteiger charge is -2.18. The van der Waals surface area contributed by atoms with Crippen LogP contribution in [0.1, 0.15) is 35.9 Å². The van der Waals surface area contributed by atoms with E-state index in [9.17, 15) is 13.2 Å². The smallest absolute Gasteiger partial charge is 0.238 e. The Bertz CT molecular complexity index is 926. The first-order valence-corrected chi connectivity index (χ1v) is 12.6. The van der Waals surface area contributed by atoms with Crippen LogP contribution in [0.25, 0.3) is 0 Å². The molecule has 0 spiro atoms. The maximum Gasteiger partial charge on any atom is 0.238 e. The van der Waals surface area contributed by atoms with E-state index in [1.54, 1.807) is 18.7 Å². The van der Waals surface area contributed by atoms with Crippen molar-refractivity contribution in [2.24, 2.45) is 0 Å². The number of nitrogens with one attached hydrogen (secondary N) is 2. The molecule has 0 aliphatic rings. The van der Waals surface area contributed by atoms with E-state index in [1.807, 2.05) is 55.1 Å². The highest BCUT2D eigenvalue weighted by Gasteiger charge is 2.22. The highest BCUT2D eigenvalue weighted by molar-refractivity contribution is 7.98. The molecule has 7 nitrogen and oxygen atoms in total. The van der Waals surface area contributed by atoms with Crippen LogP contribution >= 0.6 is 11.8 Å². The second-order valence-corrected chi connectivity index (χ2v) is 10.0. The predicted octanol–water partition coefficient (Wildman–Crippen LogP) is 2.23.